The number of nitrogens with one attached hydrogen (secondary N) is 1. The molecule has 0 aromatic carbocycles. The predicted octanol–water partition coefficient (Wildman–Crippen LogP) is -0.0323. The SMILES string of the molecule is CCCN1CC(C)NC(=O)C1CCO. The second-order valence-corrected chi connectivity index (χ2v) is 3.93. The number of carbonyl (C=O) groups excluding carboxylic acids is 1. The number of carbonyl (C=O) groups is 1. The number of hydrogen-bond acceptors (Lipinski definition) is 3. The normalized spacial score (nSPS) is 28.9. The van der Waals surface area contributed by atoms with Crippen molar-refractivity contribution in [3.63, 3.8) is 0 Å². The molecular formula is C10H20N2O2. The molecule has 82 valence electrons. The number of amides is 1. The minimum Gasteiger partial charge on any atom is -0.396 e. The minimum atomic E-state index is -0.129. The Morgan fingerprint density at radius 2 is 2.36 bits per heavy atom. The van der Waals surface area contributed by atoms with Crippen molar-refractivity contribution < 1.29 is 9.90 Å². The van der Waals surface area contributed by atoms with E-state index >= 15 is 0 Å². The molecule has 1 amide bonds. The van der Waals surface area contributed by atoms with Crippen molar-refractivity contribution in [1.29, 1.82) is 0 Å². The number of aliphatic hydroxyl groups is 1. The Morgan fingerprint density at radius 3 is 2.93 bits per heavy atom. The van der Waals surface area contributed by atoms with Gasteiger partial charge in [-0.15, -0.1) is 0 Å². The van der Waals surface area contributed by atoms with E-state index in [-0.39, 0.29) is 24.6 Å². The standard InChI is InChI=1S/C10H20N2O2/c1-3-5-12-7-8(2)11-10(14)9(12)4-6-13/h8-9,13H,3-7H2,1-2H3,(H,11,14). The van der Waals surface area contributed by atoms with E-state index in [4.69, 9.17) is 5.11 Å². The maximum absolute atomic E-state index is 11.6. The van der Waals surface area contributed by atoms with Crippen LogP contribution in [0.25, 0.3) is 0 Å². The van der Waals surface area contributed by atoms with E-state index in [0.29, 0.717) is 6.42 Å². The van der Waals surface area contributed by atoms with Gasteiger partial charge in [0, 0.05) is 19.2 Å². The highest BCUT2D eigenvalue weighted by atomic mass is 16.3. The first-order chi connectivity index (χ1) is 6.69. The van der Waals surface area contributed by atoms with Crippen molar-refractivity contribution in [3.8, 4) is 0 Å². The van der Waals surface area contributed by atoms with Crippen LogP contribution in [0, 0.1) is 0 Å². The van der Waals surface area contributed by atoms with Gasteiger partial charge in [0.15, 0.2) is 0 Å². The third-order valence-corrected chi connectivity index (χ3v) is 2.55. The fourth-order valence-corrected chi connectivity index (χ4v) is 2.00. The Labute approximate surface area is 85.3 Å². The summed E-state index contributed by atoms with van der Waals surface area (Å²) in [5, 5.41) is 11.8. The smallest absolute Gasteiger partial charge is 0.237 e. The third-order valence-electron chi connectivity index (χ3n) is 2.55. The molecule has 14 heavy (non-hydrogen) atoms. The fourth-order valence-electron chi connectivity index (χ4n) is 2.00. The molecule has 0 aromatic heterocycles. The number of hydrogen-bond donors (Lipinski definition) is 2. The lowest BCUT2D eigenvalue weighted by Gasteiger charge is -2.37. The van der Waals surface area contributed by atoms with E-state index < -0.39 is 0 Å². The first-order valence-electron chi connectivity index (χ1n) is 5.34. The zero-order valence-electron chi connectivity index (χ0n) is 8.99. The van der Waals surface area contributed by atoms with Crippen molar-refractivity contribution in [2.75, 3.05) is 19.7 Å². The first kappa shape index (κ1) is 11.5. The molecule has 2 atom stereocenters. The highest BCUT2D eigenvalue weighted by Gasteiger charge is 2.31. The quantitative estimate of drug-likeness (QED) is 0.670. The third kappa shape index (κ3) is 2.69. The second kappa shape index (κ2) is 5.32. The van der Waals surface area contributed by atoms with Gasteiger partial charge in [0.05, 0.1) is 6.04 Å². The van der Waals surface area contributed by atoms with Crippen LogP contribution in [-0.2, 0) is 4.79 Å². The van der Waals surface area contributed by atoms with Crippen LogP contribution >= 0.6 is 0 Å². The highest BCUT2D eigenvalue weighted by Crippen LogP contribution is 2.11. The molecule has 0 aromatic rings. The molecule has 1 fully saturated rings. The van der Waals surface area contributed by atoms with Gasteiger partial charge in [0.2, 0.25) is 5.91 Å². The van der Waals surface area contributed by atoms with E-state index in [9.17, 15) is 4.79 Å². The van der Waals surface area contributed by atoms with Crippen LogP contribution in [0.1, 0.15) is 26.7 Å². The van der Waals surface area contributed by atoms with E-state index in [0.717, 1.165) is 19.5 Å². The van der Waals surface area contributed by atoms with Crippen LogP contribution in [0.3, 0.4) is 0 Å². The zero-order valence-corrected chi connectivity index (χ0v) is 8.99. The van der Waals surface area contributed by atoms with Crippen LogP contribution in [0.4, 0.5) is 0 Å². The maximum atomic E-state index is 11.6. The molecule has 4 nitrogen and oxygen atoms in total. The van der Waals surface area contributed by atoms with Gasteiger partial charge in [0.25, 0.3) is 0 Å². The molecule has 1 aliphatic rings. The highest BCUT2D eigenvalue weighted by molar-refractivity contribution is 5.82. The molecule has 0 saturated carbocycles. The maximum Gasteiger partial charge on any atom is 0.237 e. The molecule has 1 heterocycles. The predicted molar refractivity (Wildman–Crippen MR) is 55.0 cm³/mol. The van der Waals surface area contributed by atoms with Gasteiger partial charge >= 0.3 is 0 Å². The molecule has 1 rings (SSSR count). The van der Waals surface area contributed by atoms with Gasteiger partial charge < -0.3 is 10.4 Å². The van der Waals surface area contributed by atoms with Gasteiger partial charge in [-0.25, -0.2) is 0 Å². The number of rotatable bonds is 4. The Kier molecular flexibility index (Phi) is 4.35. The second-order valence-electron chi connectivity index (χ2n) is 3.93. The molecule has 0 aliphatic carbocycles. The Balaban J connectivity index is 2.60. The van der Waals surface area contributed by atoms with Crippen LogP contribution in [0.5, 0.6) is 0 Å². The van der Waals surface area contributed by atoms with Gasteiger partial charge in [-0.1, -0.05) is 6.92 Å². The molecule has 0 bridgehead atoms. The Morgan fingerprint density at radius 1 is 1.64 bits per heavy atom. The molecule has 0 radical (unpaired) electrons. The molecule has 0 spiro atoms. The number of aliphatic hydroxyl groups excluding tert-OH is 1. The lowest BCUT2D eigenvalue weighted by molar-refractivity contribution is -0.131. The summed E-state index contributed by atoms with van der Waals surface area (Å²) in [5.41, 5.74) is 0. The molecule has 2 N–H and O–H groups in total. The Hall–Kier alpha value is -0.610. The van der Waals surface area contributed by atoms with Crippen LogP contribution in [-0.4, -0.2) is 47.7 Å². The molecule has 1 saturated heterocycles. The Bertz CT molecular complexity index is 197. The lowest BCUT2D eigenvalue weighted by Crippen LogP contribution is -2.59. The largest absolute Gasteiger partial charge is 0.396 e. The van der Waals surface area contributed by atoms with Gasteiger partial charge in [0.1, 0.15) is 0 Å². The number of nitrogens with zero attached hydrogens (tertiary/aromatic N) is 1. The van der Waals surface area contributed by atoms with Gasteiger partial charge in [-0.3, -0.25) is 9.69 Å². The monoisotopic (exact) mass is 200 g/mol. The van der Waals surface area contributed by atoms with E-state index in [1.165, 1.54) is 0 Å². The van der Waals surface area contributed by atoms with Gasteiger partial charge in [-0.2, -0.15) is 0 Å². The summed E-state index contributed by atoms with van der Waals surface area (Å²) in [6, 6.07) is 0.0974. The van der Waals surface area contributed by atoms with Crippen LogP contribution in [0.2, 0.25) is 0 Å². The zero-order chi connectivity index (χ0) is 10.6. The number of piperazine rings is 1. The van der Waals surface area contributed by atoms with Crippen molar-refractivity contribution in [1.82, 2.24) is 10.2 Å². The van der Waals surface area contributed by atoms with E-state index in [1.807, 2.05) is 6.92 Å². The topological polar surface area (TPSA) is 52.6 Å². The van der Waals surface area contributed by atoms with Crippen LogP contribution < -0.4 is 5.32 Å². The molecular weight excluding hydrogens is 180 g/mol. The van der Waals surface area contributed by atoms with Crippen molar-refractivity contribution in [3.05, 3.63) is 0 Å². The summed E-state index contributed by atoms with van der Waals surface area (Å²) in [6.45, 7) is 6.02. The van der Waals surface area contributed by atoms with Crippen molar-refractivity contribution in [2.24, 2.45) is 0 Å². The summed E-state index contributed by atoms with van der Waals surface area (Å²) in [6.07, 6.45) is 1.58. The summed E-state index contributed by atoms with van der Waals surface area (Å²) < 4.78 is 0. The van der Waals surface area contributed by atoms with Crippen molar-refractivity contribution >= 4 is 5.91 Å². The average Bonchev–Trinajstić information content (AvgIpc) is 2.11. The minimum absolute atomic E-state index is 0.0613. The summed E-state index contributed by atoms with van der Waals surface area (Å²) in [7, 11) is 0. The summed E-state index contributed by atoms with van der Waals surface area (Å²) >= 11 is 0. The summed E-state index contributed by atoms with van der Waals surface area (Å²) in [5.74, 6) is 0.0613. The lowest BCUT2D eigenvalue weighted by atomic mass is 10.1. The van der Waals surface area contributed by atoms with E-state index in [1.54, 1.807) is 0 Å². The molecule has 4 heteroatoms. The van der Waals surface area contributed by atoms with E-state index in [2.05, 4.69) is 17.1 Å². The summed E-state index contributed by atoms with van der Waals surface area (Å²) in [4.78, 5) is 13.8. The first-order valence-corrected chi connectivity index (χ1v) is 5.34. The van der Waals surface area contributed by atoms with Crippen LogP contribution in [0.15, 0.2) is 0 Å². The average molecular weight is 200 g/mol. The molecule has 2 unspecified atom stereocenters. The van der Waals surface area contributed by atoms with Crippen molar-refractivity contribution in [2.45, 2.75) is 38.8 Å². The molecule has 1 aliphatic heterocycles. The van der Waals surface area contributed by atoms with Gasteiger partial charge in [-0.05, 0) is 26.3 Å². The fraction of sp³-hybridized carbons (Fsp3) is 0.900.